The molecule has 3 N–H and O–H groups in total. The lowest BCUT2D eigenvalue weighted by atomic mass is 10.1. The van der Waals surface area contributed by atoms with Crippen LogP contribution in [-0.4, -0.2) is 37.7 Å². The highest BCUT2D eigenvalue weighted by Gasteiger charge is 2.33. The fourth-order valence-corrected chi connectivity index (χ4v) is 3.20. The quantitative estimate of drug-likeness (QED) is 0.702. The first kappa shape index (κ1) is 18.1. The fraction of sp³-hybridized carbons (Fsp3) is 0.300. The van der Waals surface area contributed by atoms with Gasteiger partial charge in [-0.1, -0.05) is 6.07 Å². The Morgan fingerprint density at radius 2 is 1.86 bits per heavy atom. The van der Waals surface area contributed by atoms with Crippen LogP contribution < -0.4 is 25.4 Å². The zero-order valence-corrected chi connectivity index (χ0v) is 15.4. The number of amides is 2. The van der Waals surface area contributed by atoms with Gasteiger partial charge >= 0.3 is 6.09 Å². The molecule has 0 unspecified atom stereocenters. The molecule has 8 heteroatoms. The van der Waals surface area contributed by atoms with Crippen molar-refractivity contribution < 1.29 is 23.8 Å². The molecule has 1 saturated heterocycles. The number of hydrogen-bond donors (Lipinski definition) is 2. The SMILES string of the molecule is CC(=O)NC[C@H]1CN(c2ccc3c(c2)Oc2ccc(CCN)cc2O3)C(=O)O1. The Morgan fingerprint density at radius 1 is 1.14 bits per heavy atom. The number of benzene rings is 2. The molecule has 0 radical (unpaired) electrons. The van der Waals surface area contributed by atoms with Gasteiger partial charge in [0.1, 0.15) is 6.10 Å². The second-order valence-corrected chi connectivity index (χ2v) is 6.71. The van der Waals surface area contributed by atoms with Crippen molar-refractivity contribution in [2.75, 3.05) is 24.5 Å². The minimum atomic E-state index is -0.459. The first-order chi connectivity index (χ1) is 13.5. The molecule has 1 atom stereocenters. The molecule has 28 heavy (non-hydrogen) atoms. The summed E-state index contributed by atoms with van der Waals surface area (Å²) < 4.78 is 17.2. The lowest BCUT2D eigenvalue weighted by Crippen LogP contribution is -2.33. The smallest absolute Gasteiger partial charge is 0.414 e. The van der Waals surface area contributed by atoms with Crippen molar-refractivity contribution in [3.8, 4) is 23.0 Å². The molecular weight excluding hydrogens is 362 g/mol. The van der Waals surface area contributed by atoms with Crippen molar-refractivity contribution in [2.24, 2.45) is 5.73 Å². The van der Waals surface area contributed by atoms with Crippen LogP contribution in [0, 0.1) is 0 Å². The van der Waals surface area contributed by atoms with Crippen molar-refractivity contribution in [3.05, 3.63) is 42.0 Å². The van der Waals surface area contributed by atoms with Crippen molar-refractivity contribution in [3.63, 3.8) is 0 Å². The van der Waals surface area contributed by atoms with Crippen molar-refractivity contribution in [1.82, 2.24) is 5.32 Å². The first-order valence-corrected chi connectivity index (χ1v) is 9.09. The van der Waals surface area contributed by atoms with Crippen molar-refractivity contribution >= 4 is 17.7 Å². The van der Waals surface area contributed by atoms with E-state index >= 15 is 0 Å². The van der Waals surface area contributed by atoms with E-state index in [1.807, 2.05) is 18.2 Å². The number of ether oxygens (including phenoxy) is 3. The Kier molecular flexibility index (Phi) is 4.79. The van der Waals surface area contributed by atoms with Gasteiger partial charge in [-0.2, -0.15) is 0 Å². The molecule has 1 fully saturated rings. The van der Waals surface area contributed by atoms with E-state index in [9.17, 15) is 9.59 Å². The van der Waals surface area contributed by atoms with E-state index in [0.717, 1.165) is 12.0 Å². The van der Waals surface area contributed by atoms with Gasteiger partial charge in [-0.05, 0) is 42.8 Å². The summed E-state index contributed by atoms with van der Waals surface area (Å²) in [6.07, 6.45) is -0.0933. The van der Waals surface area contributed by atoms with E-state index in [1.54, 1.807) is 18.2 Å². The highest BCUT2D eigenvalue weighted by Crippen LogP contribution is 2.47. The maximum Gasteiger partial charge on any atom is 0.414 e. The highest BCUT2D eigenvalue weighted by atomic mass is 16.6. The zero-order chi connectivity index (χ0) is 19.7. The van der Waals surface area contributed by atoms with Gasteiger partial charge in [0, 0.05) is 13.0 Å². The molecule has 2 aliphatic heterocycles. The van der Waals surface area contributed by atoms with Crippen molar-refractivity contribution in [1.29, 1.82) is 0 Å². The van der Waals surface area contributed by atoms with Gasteiger partial charge in [0.25, 0.3) is 0 Å². The van der Waals surface area contributed by atoms with Crippen LogP contribution in [0.5, 0.6) is 23.0 Å². The van der Waals surface area contributed by atoms with E-state index in [0.29, 0.717) is 41.8 Å². The summed E-state index contributed by atoms with van der Waals surface area (Å²) in [5, 5.41) is 2.66. The Hall–Kier alpha value is -3.26. The first-order valence-electron chi connectivity index (χ1n) is 9.09. The van der Waals surface area contributed by atoms with Gasteiger partial charge < -0.3 is 25.3 Å². The standard InChI is InChI=1S/C20H21N3O5/c1-12(24)22-10-15-11-23(20(25)26-15)14-3-5-17-19(9-14)28-16-4-2-13(6-7-21)8-18(16)27-17/h2-5,8-9,15H,6-7,10-11,21H2,1H3,(H,22,24)/t15-/m0/s1. The average molecular weight is 383 g/mol. The summed E-state index contributed by atoms with van der Waals surface area (Å²) in [6, 6.07) is 11.0. The molecule has 4 rings (SSSR count). The number of rotatable bonds is 5. The minimum absolute atomic E-state index is 0.165. The van der Waals surface area contributed by atoms with Gasteiger partial charge in [-0.15, -0.1) is 0 Å². The maximum absolute atomic E-state index is 12.2. The molecule has 0 aliphatic carbocycles. The summed E-state index contributed by atoms with van der Waals surface area (Å²) >= 11 is 0. The predicted octanol–water partition coefficient (Wildman–Crippen LogP) is 2.55. The Labute approximate surface area is 162 Å². The number of carbonyl (C=O) groups excluding carboxylic acids is 2. The second-order valence-electron chi connectivity index (χ2n) is 6.71. The average Bonchev–Trinajstić information content (AvgIpc) is 3.05. The summed E-state index contributed by atoms with van der Waals surface area (Å²) in [4.78, 5) is 24.8. The third-order valence-electron chi connectivity index (χ3n) is 4.57. The number of nitrogens with one attached hydrogen (secondary N) is 1. The summed E-state index contributed by atoms with van der Waals surface area (Å²) in [6.45, 7) is 2.61. The largest absolute Gasteiger partial charge is 0.450 e. The number of fused-ring (bicyclic) bond motifs is 2. The van der Waals surface area contributed by atoms with Crippen LogP contribution in [0.1, 0.15) is 12.5 Å². The van der Waals surface area contributed by atoms with Crippen molar-refractivity contribution in [2.45, 2.75) is 19.4 Å². The Balaban J connectivity index is 1.51. The number of nitrogens with two attached hydrogens (primary N) is 1. The summed E-state index contributed by atoms with van der Waals surface area (Å²) in [7, 11) is 0. The van der Waals surface area contributed by atoms with Gasteiger partial charge in [0.05, 0.1) is 18.8 Å². The molecule has 2 heterocycles. The summed E-state index contributed by atoms with van der Waals surface area (Å²) in [5.41, 5.74) is 7.33. The Morgan fingerprint density at radius 3 is 2.57 bits per heavy atom. The topological polar surface area (TPSA) is 103 Å². The second kappa shape index (κ2) is 7.40. The number of anilines is 1. The number of hydrogen-bond acceptors (Lipinski definition) is 6. The molecule has 0 bridgehead atoms. The van der Waals surface area contributed by atoms with E-state index in [-0.39, 0.29) is 12.5 Å². The molecule has 2 aromatic rings. The number of carbonyl (C=O) groups is 2. The van der Waals surface area contributed by atoms with Crippen LogP contribution in [-0.2, 0) is 16.0 Å². The normalized spacial score (nSPS) is 17.1. The molecule has 2 aromatic carbocycles. The molecule has 2 aliphatic rings. The fourth-order valence-electron chi connectivity index (χ4n) is 3.20. The summed E-state index contributed by atoms with van der Waals surface area (Å²) in [5.74, 6) is 2.18. The Bertz CT molecular complexity index is 930. The highest BCUT2D eigenvalue weighted by molar-refractivity contribution is 5.90. The van der Waals surface area contributed by atoms with Gasteiger partial charge in [0.15, 0.2) is 23.0 Å². The van der Waals surface area contributed by atoms with Crippen LogP contribution in [0.15, 0.2) is 36.4 Å². The van der Waals surface area contributed by atoms with Crippen LogP contribution in [0.25, 0.3) is 0 Å². The lowest BCUT2D eigenvalue weighted by Gasteiger charge is -2.23. The lowest BCUT2D eigenvalue weighted by molar-refractivity contribution is -0.119. The van der Waals surface area contributed by atoms with Crippen LogP contribution in [0.2, 0.25) is 0 Å². The number of nitrogens with zero attached hydrogens (tertiary/aromatic N) is 1. The maximum atomic E-state index is 12.2. The van der Waals surface area contributed by atoms with Crippen LogP contribution >= 0.6 is 0 Å². The molecule has 8 nitrogen and oxygen atoms in total. The van der Waals surface area contributed by atoms with E-state index in [2.05, 4.69) is 5.32 Å². The molecule has 0 saturated carbocycles. The number of cyclic esters (lactones) is 1. The van der Waals surface area contributed by atoms with Gasteiger partial charge in [-0.25, -0.2) is 4.79 Å². The van der Waals surface area contributed by atoms with Crippen LogP contribution in [0.3, 0.4) is 0 Å². The zero-order valence-electron chi connectivity index (χ0n) is 15.4. The monoisotopic (exact) mass is 383 g/mol. The predicted molar refractivity (Wildman–Crippen MR) is 102 cm³/mol. The van der Waals surface area contributed by atoms with E-state index in [4.69, 9.17) is 19.9 Å². The molecule has 0 spiro atoms. The molecule has 146 valence electrons. The van der Waals surface area contributed by atoms with E-state index < -0.39 is 12.2 Å². The van der Waals surface area contributed by atoms with Gasteiger partial charge in [0.2, 0.25) is 5.91 Å². The molecular formula is C20H21N3O5. The molecule has 2 amide bonds. The third kappa shape index (κ3) is 3.59. The minimum Gasteiger partial charge on any atom is -0.450 e. The van der Waals surface area contributed by atoms with Crippen LogP contribution in [0.4, 0.5) is 10.5 Å². The van der Waals surface area contributed by atoms with Gasteiger partial charge in [-0.3, -0.25) is 9.69 Å². The third-order valence-corrected chi connectivity index (χ3v) is 4.57. The molecule has 0 aromatic heterocycles. The van der Waals surface area contributed by atoms with E-state index in [1.165, 1.54) is 11.8 Å².